The average molecular weight is 2120 g/mol. The van der Waals surface area contributed by atoms with Gasteiger partial charge in [0.1, 0.15) is 52.1 Å². The van der Waals surface area contributed by atoms with Crippen LogP contribution in [0.25, 0.3) is 0 Å². The molecular weight excluding hydrogens is 1950 g/mol. The molecule has 782 valence electrons. The van der Waals surface area contributed by atoms with Gasteiger partial charge >= 0.3 is 83.6 Å². The van der Waals surface area contributed by atoms with Crippen LogP contribution >= 0.6 is 22.6 Å². The lowest BCUT2D eigenvalue weighted by Gasteiger charge is -2.45. The van der Waals surface area contributed by atoms with Crippen molar-refractivity contribution in [3.63, 3.8) is 0 Å². The Balaban J connectivity index is 0. The highest BCUT2D eigenvalue weighted by Crippen LogP contribution is 2.46. The van der Waals surface area contributed by atoms with E-state index in [-0.39, 0.29) is 98.9 Å². The van der Waals surface area contributed by atoms with E-state index in [9.17, 15) is 72.2 Å². The summed E-state index contributed by atoms with van der Waals surface area (Å²) in [5.41, 5.74) is 3.86. The second-order valence-electron chi connectivity index (χ2n) is 44.1. The number of carboxylic acids is 3. The minimum Gasteiger partial charge on any atom is -0.481 e. The molecule has 0 amide bonds. The molecule has 4 bridgehead atoms. The van der Waals surface area contributed by atoms with E-state index < -0.39 is 169 Å². The lowest BCUT2D eigenvalue weighted by molar-refractivity contribution is -0.172. The van der Waals surface area contributed by atoms with Crippen LogP contribution in [-0.4, -0.2) is 205 Å². The summed E-state index contributed by atoms with van der Waals surface area (Å²) in [5.74, 6) is -12.8. The molecule has 1 aromatic rings. The van der Waals surface area contributed by atoms with E-state index in [4.69, 9.17) is 69.6 Å². The normalized spacial score (nSPS) is 24.6. The predicted molar refractivity (Wildman–Crippen MR) is 543 cm³/mol. The summed E-state index contributed by atoms with van der Waals surface area (Å²) >= 11 is 2.14. The van der Waals surface area contributed by atoms with Crippen LogP contribution in [0.5, 0.6) is 0 Å². The molecule has 16 atom stereocenters. The number of esters is 11. The van der Waals surface area contributed by atoms with Gasteiger partial charge in [-0.3, -0.25) is 67.1 Å². The zero-order chi connectivity index (χ0) is 105. The van der Waals surface area contributed by atoms with Crippen molar-refractivity contribution in [3.05, 3.63) is 93.8 Å². The van der Waals surface area contributed by atoms with Crippen molar-refractivity contribution >= 4 is 136 Å². The zero-order valence-corrected chi connectivity index (χ0v) is 93.0. The average Bonchev–Trinajstić information content (AvgIpc) is 1.79. The molecule has 0 radical (unpaired) electrons. The lowest BCUT2D eigenvalue weighted by Crippen LogP contribution is -2.70. The number of halogens is 1. The minimum absolute atomic E-state index is 0. The molecule has 8 N–H and O–H groups in total. The van der Waals surface area contributed by atoms with Crippen LogP contribution in [0.15, 0.2) is 88.3 Å². The fraction of sp³-hybridized carbons (Fsp3) is 0.703. The van der Waals surface area contributed by atoms with Crippen LogP contribution in [0.1, 0.15) is 256 Å². The number of aliphatic hydroxyl groups excluding tert-OH is 1. The SMILES string of the molecule is C.CC.CC(C)(C)OC(=O)[C@@H]1CC=CC[C@@H]1C(=O)O.CC(C)(C)OC(=O)[C@H]1CC(I)=C2C[C@@H]1C(=O)O2.CC(C)(C)OC(=O)[C@H]1CC=CC[C@@H]1C(=O)O.CC(C)(C)OC(=O)[C@H]1CC[C@H](O)C[C@@H]1C(=O)OCc1ccccc1.CC(C)(C)OC(=O)[C@H]1CC[C@H]2C[C@@H]1C(=O)O2.COC(=O)[C@H]1CC=CC[C@H]1C(=O)O.COC(=O)[C@H]1CC=CC[C@H]1C(=O)OC(C)(C)C.C[Si](C)(C)[SiH]([Si](C)(C)C)[Si](C)(C)C.O.[2H]O. The molecule has 10 rings (SSSR count). The first kappa shape index (κ1) is 129. The first-order valence-corrected chi connectivity index (χ1v) is 63.9. The van der Waals surface area contributed by atoms with E-state index in [0.29, 0.717) is 89.9 Å². The predicted octanol–water partition coefficient (Wildman–Crippen LogP) is 17.5. The van der Waals surface area contributed by atoms with Gasteiger partial charge in [-0.15, -0.1) is 0 Å². The number of carbonyl (C=O) groups is 14. The summed E-state index contributed by atoms with van der Waals surface area (Å²) in [6.45, 7) is 60.3. The Bertz CT molecular complexity index is 4160. The molecule has 4 fully saturated rings. The highest BCUT2D eigenvalue weighted by Gasteiger charge is 2.51. The second-order valence-corrected chi connectivity index (χ2v) is 86.5. The van der Waals surface area contributed by atoms with Crippen LogP contribution in [0.2, 0.25) is 58.9 Å². The first-order chi connectivity index (χ1) is 62.4. The minimum atomic E-state index is -0.931. The standard InChI is InChI=1S/C19H26O5.C13H20O4.C12H15IO4.3C12H18O4.C9H12O4.C9H28Si4.C2H6.CH4.2H2O/c1-19(2,3)24-18(22)15-10-9-14(20)11-16(15)17(21)23-12-13-7-5-4-6-8-13;1-13(2,3)17-12(15)10-8-6-5-7-9(10)11(14)16-4;1-12(2,3)17-11(15)6-4-8(13)9-5-7(6)10(14)16-9;1-12(2,3)16-11(14)8-5-4-7-6-9(8)10(13)15-7;2*1-12(2,3)16-11(15)9-7-5-4-6-8(9)10(13)14;1-13-9(12)7-5-3-2-4-6(7)8(10)11;1-11(2,3)10(12(4,5)6)13(7,8)9;1-2;;;/h4-8,14-16,20H,9-12H2,1-3H3;5-6,9-10H,7-8H2,1-4H3;6-7H,4-5H2,1-3H3;7-9H,4-6H2,1-3H3;2*4-5,8-9H,6-7H2,1-3H3,(H,13,14);2-3,6-7H,4-5H2,1H3,(H,10,11);10H,1-9H3;1-2H3;1H4;2*1H2/t14-,15-,16-;9-,10+;6-,7-;7-,8-,9-;8-,9+;8-,9-;6-,7+;;;;;/m0000001...../s1/i/hD. The van der Waals surface area contributed by atoms with Crippen LogP contribution in [0, 0.1) is 82.9 Å². The van der Waals surface area contributed by atoms with E-state index in [2.05, 4.69) is 86.3 Å². The monoisotopic (exact) mass is 2120 g/mol. The van der Waals surface area contributed by atoms with Gasteiger partial charge in [0.2, 0.25) is 1.43 Å². The highest BCUT2D eigenvalue weighted by molar-refractivity contribution is 14.1. The fourth-order valence-electron chi connectivity index (χ4n) is 18.1. The van der Waals surface area contributed by atoms with Gasteiger partial charge in [0.15, 0.2) is 0 Å². The number of carbonyl (C=O) groups excluding carboxylic acids is 11. The third-order valence-corrected chi connectivity index (χ3v) is 91.0. The van der Waals surface area contributed by atoms with Crippen molar-refractivity contribution in [2.24, 2.45) is 82.9 Å². The van der Waals surface area contributed by atoms with Crippen molar-refractivity contribution in [3.8, 4) is 0 Å². The molecule has 2 heterocycles. The van der Waals surface area contributed by atoms with Crippen LogP contribution in [0.4, 0.5) is 0 Å². The number of aliphatic hydroxyl groups is 1. The van der Waals surface area contributed by atoms with E-state index in [0.717, 1.165) is 21.3 Å². The summed E-state index contributed by atoms with van der Waals surface area (Å²) in [7, 11) is -0.150. The Kier molecular flexibility index (Phi) is 54.4. The third kappa shape index (κ3) is 47.4. The van der Waals surface area contributed by atoms with Crippen LogP contribution in [0.3, 0.4) is 0 Å². The van der Waals surface area contributed by atoms with Gasteiger partial charge in [-0.05, 0) is 249 Å². The second kappa shape index (κ2) is 57.8. The Morgan fingerprint density at radius 3 is 1.00 bits per heavy atom. The number of rotatable bonds is 17. The van der Waals surface area contributed by atoms with E-state index in [1.54, 1.807) is 80.5 Å². The smallest absolute Gasteiger partial charge is 0.315 e. The molecule has 137 heavy (non-hydrogen) atoms. The van der Waals surface area contributed by atoms with Gasteiger partial charge in [0.05, 0.1) is 103 Å². The van der Waals surface area contributed by atoms with Gasteiger partial charge in [-0.2, -0.15) is 0 Å². The molecule has 9 aliphatic rings. The van der Waals surface area contributed by atoms with Gasteiger partial charge in [-0.1, -0.05) is 159 Å². The number of carboxylic acid groups (broad SMARTS) is 3. The van der Waals surface area contributed by atoms with Crippen LogP contribution in [-0.2, 0) is 126 Å². The number of hydrogen-bond acceptors (Lipinski definition) is 26. The maximum atomic E-state index is 12.5. The maximum Gasteiger partial charge on any atom is 0.315 e. The van der Waals surface area contributed by atoms with Gasteiger partial charge in [0.25, 0.3) is 0 Å². The Morgan fingerprint density at radius 2 is 0.686 bits per heavy atom. The van der Waals surface area contributed by atoms with Crippen molar-refractivity contribution < 1.29 is 152 Å². The number of benzene rings is 1. The topological polar surface area (TPSA) is 484 Å². The number of ether oxygens (including phenoxy) is 11. The van der Waals surface area contributed by atoms with E-state index in [1.807, 2.05) is 137 Å². The largest absolute Gasteiger partial charge is 0.481 e. The van der Waals surface area contributed by atoms with Crippen molar-refractivity contribution in [1.82, 2.24) is 0 Å². The van der Waals surface area contributed by atoms with Gasteiger partial charge in [0, 0.05) is 40.1 Å². The molecule has 31 nitrogen and oxygen atoms in total. The molecule has 0 aromatic heterocycles. The number of fused-ring (bicyclic) bond motifs is 4. The molecule has 7 aliphatic carbocycles. The van der Waals surface area contributed by atoms with Gasteiger partial charge < -0.3 is 83.5 Å². The van der Waals surface area contributed by atoms with E-state index in [1.165, 1.54) is 14.2 Å². The summed E-state index contributed by atoms with van der Waals surface area (Å²) < 4.78 is 62.5. The van der Waals surface area contributed by atoms with Crippen molar-refractivity contribution in [2.45, 2.75) is 360 Å². The summed E-state index contributed by atoms with van der Waals surface area (Å²) in [5, 5.41) is 36.7. The Labute approximate surface area is 834 Å². The highest BCUT2D eigenvalue weighted by atomic mass is 127. The first-order valence-electron chi connectivity index (χ1n) is 47.3. The quantitative estimate of drug-likeness (QED) is 0.0370. The number of aliphatic carboxylic acids is 3. The number of hydrogen-bond donors (Lipinski definition) is 4. The Hall–Kier alpha value is -8.02. The molecule has 0 spiro atoms. The molecule has 2 saturated heterocycles. The summed E-state index contributed by atoms with van der Waals surface area (Å²) in [4.78, 5) is 163. The van der Waals surface area contributed by atoms with Crippen molar-refractivity contribution in [2.75, 3.05) is 14.2 Å². The number of allylic oxidation sites excluding steroid dienone is 10. The molecule has 36 heteroatoms. The number of methoxy groups -OCH3 is 2. The van der Waals surface area contributed by atoms with E-state index >= 15 is 0 Å². The summed E-state index contributed by atoms with van der Waals surface area (Å²) in [6, 6.07) is 9.37. The van der Waals surface area contributed by atoms with Crippen molar-refractivity contribution in [1.29, 1.82) is 0 Å². The third-order valence-electron chi connectivity index (χ3n) is 22.4. The maximum absolute atomic E-state index is 12.5. The van der Waals surface area contributed by atoms with Gasteiger partial charge in [-0.25, -0.2) is 0 Å². The molecular formula is C101H169IO31Si4. The lowest BCUT2D eigenvalue weighted by atomic mass is 9.78. The molecule has 0 unspecified atom stereocenters. The molecule has 2 aliphatic heterocycles. The Morgan fingerprint density at radius 1 is 0.394 bits per heavy atom. The zero-order valence-electron chi connectivity index (χ0n) is 87.7. The van der Waals surface area contributed by atoms with Crippen LogP contribution < -0.4 is 0 Å². The molecule has 1 aromatic carbocycles. The molecule has 2 saturated carbocycles. The fourth-order valence-corrected chi connectivity index (χ4v) is 120. The summed E-state index contributed by atoms with van der Waals surface area (Å²) in [6.07, 6.45) is 22.3.